The van der Waals surface area contributed by atoms with Crippen LogP contribution in [-0.4, -0.2) is 13.2 Å². The molecule has 1 aromatic heterocycles. The minimum absolute atomic E-state index is 0.656. The third-order valence-electron chi connectivity index (χ3n) is 3.95. The minimum Gasteiger partial charge on any atom is -0.493 e. The molecule has 0 amide bonds. The van der Waals surface area contributed by atoms with Crippen molar-refractivity contribution in [3.05, 3.63) is 30.0 Å². The number of nitrogens with one attached hydrogen (secondary N) is 1. The van der Waals surface area contributed by atoms with Gasteiger partial charge in [0.1, 0.15) is 5.76 Å². The van der Waals surface area contributed by atoms with E-state index in [4.69, 9.17) is 9.15 Å². The first-order chi connectivity index (χ1) is 9.36. The van der Waals surface area contributed by atoms with E-state index in [2.05, 4.69) is 17.4 Å². The fourth-order valence-electron chi connectivity index (χ4n) is 2.89. The monoisotopic (exact) mass is 259 g/mol. The van der Waals surface area contributed by atoms with Crippen molar-refractivity contribution in [2.45, 2.75) is 44.7 Å². The second-order valence-electron chi connectivity index (χ2n) is 5.31. The van der Waals surface area contributed by atoms with E-state index in [9.17, 15) is 0 Å². The van der Waals surface area contributed by atoms with E-state index in [1.165, 1.54) is 32.1 Å². The van der Waals surface area contributed by atoms with Crippen LogP contribution in [0.3, 0.4) is 0 Å². The Hall–Kier alpha value is -1.48. The fraction of sp³-hybridized carbons (Fsp3) is 0.500. The normalized spacial score (nSPS) is 16.9. The molecule has 0 radical (unpaired) electrons. The molecule has 1 aliphatic rings. The predicted molar refractivity (Wildman–Crippen MR) is 76.5 cm³/mol. The highest BCUT2D eigenvalue weighted by Crippen LogP contribution is 2.28. The Bertz CT molecular complexity index is 541. The maximum absolute atomic E-state index is 5.89. The molecular weight excluding hydrogens is 238 g/mol. The minimum atomic E-state index is 0.656. The number of furan rings is 1. The molecule has 102 valence electrons. The lowest BCUT2D eigenvalue weighted by Crippen LogP contribution is -2.30. The van der Waals surface area contributed by atoms with Gasteiger partial charge < -0.3 is 14.5 Å². The summed E-state index contributed by atoms with van der Waals surface area (Å²) in [7, 11) is 1.68. The van der Waals surface area contributed by atoms with Crippen molar-refractivity contribution in [2.75, 3.05) is 7.11 Å². The number of hydrogen-bond donors (Lipinski definition) is 1. The lowest BCUT2D eigenvalue weighted by atomic mass is 9.95. The van der Waals surface area contributed by atoms with Gasteiger partial charge in [0.25, 0.3) is 0 Å². The Balaban J connectivity index is 1.70. The molecule has 19 heavy (non-hydrogen) atoms. The number of hydrogen-bond acceptors (Lipinski definition) is 3. The molecule has 1 fully saturated rings. The lowest BCUT2D eigenvalue weighted by molar-refractivity contribution is 0.357. The molecule has 0 spiro atoms. The van der Waals surface area contributed by atoms with Gasteiger partial charge in [-0.05, 0) is 25.0 Å². The maximum Gasteiger partial charge on any atom is 0.176 e. The van der Waals surface area contributed by atoms with Crippen LogP contribution in [0.15, 0.2) is 28.7 Å². The van der Waals surface area contributed by atoms with E-state index in [0.717, 1.165) is 29.0 Å². The van der Waals surface area contributed by atoms with Crippen LogP contribution in [0.5, 0.6) is 5.75 Å². The van der Waals surface area contributed by atoms with E-state index in [1.807, 2.05) is 12.1 Å². The van der Waals surface area contributed by atoms with Gasteiger partial charge in [0.2, 0.25) is 0 Å². The SMILES string of the molecule is COc1cccc2cc(CNC3CCCCC3)oc12. The summed E-state index contributed by atoms with van der Waals surface area (Å²) in [5, 5.41) is 4.71. The Kier molecular flexibility index (Phi) is 3.74. The first kappa shape index (κ1) is 12.5. The van der Waals surface area contributed by atoms with Crippen LogP contribution >= 0.6 is 0 Å². The van der Waals surface area contributed by atoms with Crippen molar-refractivity contribution in [1.82, 2.24) is 5.32 Å². The first-order valence-electron chi connectivity index (χ1n) is 7.15. The van der Waals surface area contributed by atoms with Gasteiger partial charge in [-0.2, -0.15) is 0 Å². The summed E-state index contributed by atoms with van der Waals surface area (Å²) < 4.78 is 11.2. The van der Waals surface area contributed by atoms with Crippen molar-refractivity contribution in [3.8, 4) is 5.75 Å². The van der Waals surface area contributed by atoms with Gasteiger partial charge >= 0.3 is 0 Å². The van der Waals surface area contributed by atoms with Crippen LogP contribution in [0.2, 0.25) is 0 Å². The zero-order valence-electron chi connectivity index (χ0n) is 11.4. The molecule has 3 heteroatoms. The third kappa shape index (κ3) is 2.76. The van der Waals surface area contributed by atoms with E-state index >= 15 is 0 Å². The van der Waals surface area contributed by atoms with Gasteiger partial charge in [-0.25, -0.2) is 0 Å². The summed E-state index contributed by atoms with van der Waals surface area (Å²) in [6.07, 6.45) is 6.68. The molecule has 0 aliphatic heterocycles. The molecule has 0 bridgehead atoms. The second-order valence-corrected chi connectivity index (χ2v) is 5.31. The van der Waals surface area contributed by atoms with E-state index < -0.39 is 0 Å². The van der Waals surface area contributed by atoms with Gasteiger partial charge in [-0.3, -0.25) is 0 Å². The number of ether oxygens (including phenoxy) is 1. The predicted octanol–water partition coefficient (Wildman–Crippen LogP) is 3.86. The molecule has 0 saturated heterocycles. The summed E-state index contributed by atoms with van der Waals surface area (Å²) in [5.74, 6) is 1.80. The van der Waals surface area contributed by atoms with Crippen molar-refractivity contribution >= 4 is 11.0 Å². The summed E-state index contributed by atoms with van der Waals surface area (Å²) >= 11 is 0. The van der Waals surface area contributed by atoms with Gasteiger partial charge in [0.05, 0.1) is 13.7 Å². The molecule has 0 atom stereocenters. The largest absolute Gasteiger partial charge is 0.493 e. The smallest absolute Gasteiger partial charge is 0.176 e. The Labute approximate surface area is 113 Å². The lowest BCUT2D eigenvalue weighted by Gasteiger charge is -2.22. The van der Waals surface area contributed by atoms with E-state index in [0.29, 0.717) is 6.04 Å². The van der Waals surface area contributed by atoms with Crippen molar-refractivity contribution < 1.29 is 9.15 Å². The topological polar surface area (TPSA) is 34.4 Å². The summed E-state index contributed by atoms with van der Waals surface area (Å²) in [5.41, 5.74) is 0.852. The molecule has 3 rings (SSSR count). The van der Waals surface area contributed by atoms with Crippen molar-refractivity contribution in [2.24, 2.45) is 0 Å². The molecular formula is C16H21NO2. The average Bonchev–Trinajstić information content (AvgIpc) is 2.89. The molecule has 1 N–H and O–H groups in total. The Morgan fingerprint density at radius 1 is 1.26 bits per heavy atom. The molecule has 1 heterocycles. The third-order valence-corrected chi connectivity index (χ3v) is 3.95. The van der Waals surface area contributed by atoms with Gasteiger partial charge in [-0.1, -0.05) is 31.4 Å². The molecule has 3 nitrogen and oxygen atoms in total. The number of methoxy groups -OCH3 is 1. The van der Waals surface area contributed by atoms with Crippen LogP contribution in [0.1, 0.15) is 37.9 Å². The zero-order valence-corrected chi connectivity index (χ0v) is 11.4. The van der Waals surface area contributed by atoms with Gasteiger partial charge in [0, 0.05) is 11.4 Å². The van der Waals surface area contributed by atoms with E-state index in [1.54, 1.807) is 7.11 Å². The maximum atomic E-state index is 5.89. The molecule has 1 aliphatic carbocycles. The fourth-order valence-corrected chi connectivity index (χ4v) is 2.89. The zero-order chi connectivity index (χ0) is 13.1. The molecule has 2 aromatic rings. The Morgan fingerprint density at radius 2 is 2.11 bits per heavy atom. The second kappa shape index (κ2) is 5.66. The summed E-state index contributed by atoms with van der Waals surface area (Å²) in [6, 6.07) is 8.75. The van der Waals surface area contributed by atoms with Crippen LogP contribution < -0.4 is 10.1 Å². The van der Waals surface area contributed by atoms with Crippen molar-refractivity contribution in [1.29, 1.82) is 0 Å². The highest BCUT2D eigenvalue weighted by molar-refractivity contribution is 5.83. The summed E-state index contributed by atoms with van der Waals surface area (Å²) in [6.45, 7) is 0.808. The molecule has 1 aromatic carbocycles. The van der Waals surface area contributed by atoms with Crippen molar-refractivity contribution in [3.63, 3.8) is 0 Å². The summed E-state index contributed by atoms with van der Waals surface area (Å²) in [4.78, 5) is 0. The van der Waals surface area contributed by atoms with Crippen LogP contribution in [-0.2, 0) is 6.54 Å². The highest BCUT2D eigenvalue weighted by atomic mass is 16.5. The number of para-hydroxylation sites is 1. The van der Waals surface area contributed by atoms with Crippen LogP contribution in [0, 0.1) is 0 Å². The van der Waals surface area contributed by atoms with Gasteiger partial charge in [-0.15, -0.1) is 0 Å². The number of rotatable bonds is 4. The van der Waals surface area contributed by atoms with Crippen LogP contribution in [0.4, 0.5) is 0 Å². The first-order valence-corrected chi connectivity index (χ1v) is 7.15. The average molecular weight is 259 g/mol. The molecule has 0 unspecified atom stereocenters. The molecule has 1 saturated carbocycles. The van der Waals surface area contributed by atoms with E-state index in [-0.39, 0.29) is 0 Å². The number of fused-ring (bicyclic) bond motifs is 1. The number of benzene rings is 1. The van der Waals surface area contributed by atoms with Crippen LogP contribution in [0.25, 0.3) is 11.0 Å². The quantitative estimate of drug-likeness (QED) is 0.905. The standard InChI is InChI=1S/C16H21NO2/c1-18-15-9-5-6-12-10-14(19-16(12)15)11-17-13-7-3-2-4-8-13/h5-6,9-10,13,17H,2-4,7-8,11H2,1H3. The van der Waals surface area contributed by atoms with Gasteiger partial charge in [0.15, 0.2) is 11.3 Å². The Morgan fingerprint density at radius 3 is 2.89 bits per heavy atom. The highest BCUT2D eigenvalue weighted by Gasteiger charge is 2.14.